The van der Waals surface area contributed by atoms with Gasteiger partial charge in [-0.25, -0.2) is 4.98 Å². The van der Waals surface area contributed by atoms with Crippen LogP contribution in [0, 0.1) is 5.92 Å². The second kappa shape index (κ2) is 4.13. The molecule has 2 N–H and O–H groups in total. The van der Waals surface area contributed by atoms with E-state index in [1.165, 1.54) is 23.2 Å². The molecule has 4 nitrogen and oxygen atoms in total. The molecule has 13 heavy (non-hydrogen) atoms. The Morgan fingerprint density at radius 3 is 3.08 bits per heavy atom. The van der Waals surface area contributed by atoms with E-state index in [9.17, 15) is 4.79 Å². The van der Waals surface area contributed by atoms with Crippen molar-refractivity contribution in [3.8, 4) is 0 Å². The Balaban J connectivity index is 2.81. The van der Waals surface area contributed by atoms with E-state index in [1.54, 1.807) is 0 Å². The van der Waals surface area contributed by atoms with E-state index in [2.05, 4.69) is 4.98 Å². The van der Waals surface area contributed by atoms with E-state index in [0.29, 0.717) is 11.5 Å². The fraction of sp³-hybridized carbons (Fsp3) is 0.375. The van der Waals surface area contributed by atoms with Gasteiger partial charge in [0.1, 0.15) is 0 Å². The van der Waals surface area contributed by atoms with Gasteiger partial charge in [0, 0.05) is 24.7 Å². The minimum absolute atomic E-state index is 0.0110. The van der Waals surface area contributed by atoms with Gasteiger partial charge in [-0.1, -0.05) is 19.1 Å². The minimum Gasteiger partial charge on any atom is -0.393 e. The average Bonchev–Trinajstić information content (AvgIpc) is 2.08. The van der Waals surface area contributed by atoms with Crippen molar-refractivity contribution in [1.82, 2.24) is 9.55 Å². The van der Waals surface area contributed by atoms with Crippen LogP contribution in [-0.4, -0.2) is 14.5 Å². The Bertz CT molecular complexity index is 360. The van der Waals surface area contributed by atoms with Crippen molar-refractivity contribution >= 4 is 17.2 Å². The van der Waals surface area contributed by atoms with Crippen LogP contribution >= 0.6 is 12.2 Å². The molecule has 0 bridgehead atoms. The van der Waals surface area contributed by atoms with Crippen molar-refractivity contribution in [1.29, 1.82) is 0 Å². The third-order valence-electron chi connectivity index (χ3n) is 1.75. The Morgan fingerprint density at radius 1 is 1.85 bits per heavy atom. The maximum Gasteiger partial charge on any atom is 0.253 e. The summed E-state index contributed by atoms with van der Waals surface area (Å²) in [6.07, 6.45) is 2.95. The predicted octanol–water partition coefficient (Wildman–Crippen LogP) is 0.166. The second-order valence-electron chi connectivity index (χ2n) is 2.87. The molecule has 0 spiro atoms. The summed E-state index contributed by atoms with van der Waals surface area (Å²) in [6.45, 7) is 2.36. The van der Waals surface area contributed by atoms with Gasteiger partial charge in [0.25, 0.3) is 5.56 Å². The molecule has 0 radical (unpaired) electrons. The fourth-order valence-corrected chi connectivity index (χ4v) is 0.975. The number of thiocarbonyl (C=S) groups is 1. The largest absolute Gasteiger partial charge is 0.393 e. The van der Waals surface area contributed by atoms with Crippen LogP contribution in [0.5, 0.6) is 0 Å². The van der Waals surface area contributed by atoms with Crippen LogP contribution in [-0.2, 0) is 6.54 Å². The smallest absolute Gasteiger partial charge is 0.253 e. The quantitative estimate of drug-likeness (QED) is 0.701. The molecular weight excluding hydrogens is 186 g/mol. The Morgan fingerprint density at radius 2 is 2.54 bits per heavy atom. The number of aromatic nitrogens is 2. The first-order valence-electron chi connectivity index (χ1n) is 3.91. The number of hydrogen-bond donors (Lipinski definition) is 1. The minimum atomic E-state index is -0.0851. The van der Waals surface area contributed by atoms with Crippen LogP contribution in [0.3, 0.4) is 0 Å². The molecule has 0 saturated carbocycles. The molecule has 0 amide bonds. The molecule has 0 aliphatic carbocycles. The average molecular weight is 197 g/mol. The summed E-state index contributed by atoms with van der Waals surface area (Å²) in [4.78, 5) is 15.5. The van der Waals surface area contributed by atoms with Crippen LogP contribution in [0.1, 0.15) is 6.92 Å². The molecule has 5 heteroatoms. The summed E-state index contributed by atoms with van der Waals surface area (Å²) >= 11 is 4.80. The first kappa shape index (κ1) is 9.85. The van der Waals surface area contributed by atoms with E-state index < -0.39 is 0 Å². The molecule has 0 aromatic carbocycles. The van der Waals surface area contributed by atoms with E-state index in [-0.39, 0.29) is 11.5 Å². The van der Waals surface area contributed by atoms with Crippen molar-refractivity contribution in [2.75, 3.05) is 0 Å². The topological polar surface area (TPSA) is 60.9 Å². The normalized spacial score (nSPS) is 12.4. The van der Waals surface area contributed by atoms with Gasteiger partial charge >= 0.3 is 0 Å². The molecule has 1 unspecified atom stereocenters. The molecule has 0 saturated heterocycles. The van der Waals surface area contributed by atoms with Crippen molar-refractivity contribution in [2.24, 2.45) is 11.7 Å². The lowest BCUT2D eigenvalue weighted by atomic mass is 10.2. The standard InChI is InChI=1S/C8H11N3OS/c1-6(8(9)13)4-11-5-10-3-2-7(11)12/h2-3,5-6H,4H2,1H3,(H2,9,13). The van der Waals surface area contributed by atoms with Gasteiger partial charge in [0.15, 0.2) is 0 Å². The number of nitrogens with two attached hydrogens (primary N) is 1. The van der Waals surface area contributed by atoms with Crippen molar-refractivity contribution in [3.63, 3.8) is 0 Å². The number of hydrogen-bond acceptors (Lipinski definition) is 3. The molecule has 70 valence electrons. The van der Waals surface area contributed by atoms with Crippen molar-refractivity contribution in [3.05, 3.63) is 28.9 Å². The number of rotatable bonds is 3. The Hall–Kier alpha value is -1.23. The van der Waals surface area contributed by atoms with E-state index in [1.807, 2.05) is 6.92 Å². The van der Waals surface area contributed by atoms with Crippen molar-refractivity contribution < 1.29 is 0 Å². The highest BCUT2D eigenvalue weighted by Crippen LogP contribution is 1.97. The Kier molecular flexibility index (Phi) is 3.13. The van der Waals surface area contributed by atoms with Gasteiger partial charge in [-0.15, -0.1) is 0 Å². The molecule has 1 rings (SSSR count). The monoisotopic (exact) mass is 197 g/mol. The summed E-state index contributed by atoms with van der Waals surface area (Å²) in [5, 5.41) is 0. The highest BCUT2D eigenvalue weighted by Gasteiger charge is 2.06. The van der Waals surface area contributed by atoms with Crippen LogP contribution in [0.25, 0.3) is 0 Å². The Labute approximate surface area is 81.4 Å². The first-order chi connectivity index (χ1) is 6.11. The molecule has 1 aromatic heterocycles. The molecule has 1 aromatic rings. The summed E-state index contributed by atoms with van der Waals surface area (Å²) < 4.78 is 1.49. The molecule has 0 aliphatic rings. The van der Waals surface area contributed by atoms with Gasteiger partial charge < -0.3 is 5.73 Å². The zero-order chi connectivity index (χ0) is 9.84. The second-order valence-corrected chi connectivity index (χ2v) is 3.35. The van der Waals surface area contributed by atoms with Gasteiger partial charge in [-0.05, 0) is 0 Å². The first-order valence-corrected chi connectivity index (χ1v) is 4.32. The summed E-state index contributed by atoms with van der Waals surface area (Å²) in [5.41, 5.74) is 5.34. The van der Waals surface area contributed by atoms with Crippen molar-refractivity contribution in [2.45, 2.75) is 13.5 Å². The maximum atomic E-state index is 11.2. The van der Waals surface area contributed by atoms with Gasteiger partial charge in [-0.3, -0.25) is 9.36 Å². The van der Waals surface area contributed by atoms with Crippen LogP contribution in [0.4, 0.5) is 0 Å². The molecule has 1 heterocycles. The lowest BCUT2D eigenvalue weighted by Crippen LogP contribution is -2.28. The summed E-state index contributed by atoms with van der Waals surface area (Å²) in [6, 6.07) is 1.41. The van der Waals surface area contributed by atoms with Crippen LogP contribution in [0.15, 0.2) is 23.4 Å². The zero-order valence-corrected chi connectivity index (χ0v) is 8.12. The van der Waals surface area contributed by atoms with Gasteiger partial charge in [-0.2, -0.15) is 0 Å². The highest BCUT2D eigenvalue weighted by molar-refractivity contribution is 7.80. The van der Waals surface area contributed by atoms with E-state index in [0.717, 1.165) is 0 Å². The third-order valence-corrected chi connectivity index (χ3v) is 2.15. The lowest BCUT2D eigenvalue weighted by molar-refractivity contribution is 0.572. The molecular formula is C8H11N3OS. The zero-order valence-electron chi connectivity index (χ0n) is 7.30. The molecule has 1 atom stereocenters. The summed E-state index contributed by atoms with van der Waals surface area (Å²) in [7, 11) is 0. The molecule has 0 fully saturated rings. The van der Waals surface area contributed by atoms with Crippen LogP contribution in [0.2, 0.25) is 0 Å². The highest BCUT2D eigenvalue weighted by atomic mass is 32.1. The maximum absolute atomic E-state index is 11.2. The fourth-order valence-electron chi connectivity index (χ4n) is 0.901. The van der Waals surface area contributed by atoms with Gasteiger partial charge in [0.05, 0.1) is 11.3 Å². The predicted molar refractivity (Wildman–Crippen MR) is 54.4 cm³/mol. The lowest BCUT2D eigenvalue weighted by Gasteiger charge is -2.10. The van der Waals surface area contributed by atoms with Crippen LogP contribution < -0.4 is 11.3 Å². The number of nitrogens with zero attached hydrogens (tertiary/aromatic N) is 2. The third kappa shape index (κ3) is 2.62. The summed E-state index contributed by atoms with van der Waals surface area (Å²) in [5.74, 6) is 0.0110. The molecule has 0 aliphatic heterocycles. The van der Waals surface area contributed by atoms with E-state index in [4.69, 9.17) is 18.0 Å². The van der Waals surface area contributed by atoms with Gasteiger partial charge in [0.2, 0.25) is 0 Å². The SMILES string of the molecule is CC(Cn1cnccc1=O)C(N)=S. The van der Waals surface area contributed by atoms with E-state index >= 15 is 0 Å².